The van der Waals surface area contributed by atoms with Crippen LogP contribution >= 0.6 is 0 Å². The molecule has 2 saturated heterocycles. The molecule has 0 bridgehead atoms. The summed E-state index contributed by atoms with van der Waals surface area (Å²) in [5, 5.41) is 4.78. The van der Waals surface area contributed by atoms with Crippen LogP contribution in [0.5, 0.6) is 0 Å². The van der Waals surface area contributed by atoms with Crippen molar-refractivity contribution in [3.8, 4) is 11.6 Å². The quantitative estimate of drug-likeness (QED) is 0.464. The Hall–Kier alpha value is -3.43. The van der Waals surface area contributed by atoms with Crippen molar-refractivity contribution in [1.82, 2.24) is 24.5 Å². The molecule has 33 heavy (non-hydrogen) atoms. The Kier molecular flexibility index (Phi) is 5.41. The minimum absolute atomic E-state index is 0.581. The SMILES string of the molecule is c1ccc(N2CCN(Cc3cnc(N4CCOCC4)n4nc(-c5ccco5)nc34)CC2)cc1. The number of anilines is 2. The zero-order chi connectivity index (χ0) is 22.0. The van der Waals surface area contributed by atoms with Gasteiger partial charge in [0, 0.05) is 63.3 Å². The molecular weight excluding hydrogens is 418 g/mol. The van der Waals surface area contributed by atoms with Gasteiger partial charge in [0.25, 0.3) is 0 Å². The van der Waals surface area contributed by atoms with Crippen LogP contribution in [-0.4, -0.2) is 77.0 Å². The van der Waals surface area contributed by atoms with Gasteiger partial charge in [-0.15, -0.1) is 5.10 Å². The van der Waals surface area contributed by atoms with E-state index in [0.29, 0.717) is 24.8 Å². The third-order valence-corrected chi connectivity index (χ3v) is 6.34. The maximum atomic E-state index is 5.57. The molecule has 0 saturated carbocycles. The summed E-state index contributed by atoms with van der Waals surface area (Å²) in [7, 11) is 0. The summed E-state index contributed by atoms with van der Waals surface area (Å²) in [5.41, 5.74) is 3.20. The highest BCUT2D eigenvalue weighted by atomic mass is 16.5. The van der Waals surface area contributed by atoms with Gasteiger partial charge in [-0.25, -0.2) is 9.97 Å². The molecule has 0 aliphatic carbocycles. The standard InChI is InChI=1S/C24H27N7O2/c1-2-5-20(6-3-1)29-10-8-28(9-11-29)18-19-17-25-24(30-12-15-32-16-13-30)31-23(19)26-22(27-31)21-7-4-14-33-21/h1-7,14,17H,8-13,15-16,18H2. The highest BCUT2D eigenvalue weighted by Crippen LogP contribution is 2.24. The Balaban J connectivity index is 1.27. The molecule has 2 aliphatic heterocycles. The number of benzene rings is 1. The molecule has 9 nitrogen and oxygen atoms in total. The van der Waals surface area contributed by atoms with E-state index in [1.807, 2.05) is 22.8 Å². The fourth-order valence-electron chi connectivity index (χ4n) is 4.55. The van der Waals surface area contributed by atoms with Crippen LogP contribution < -0.4 is 9.80 Å². The van der Waals surface area contributed by atoms with E-state index in [4.69, 9.17) is 24.2 Å². The Morgan fingerprint density at radius 3 is 2.42 bits per heavy atom. The third kappa shape index (κ3) is 4.05. The Morgan fingerprint density at radius 2 is 1.67 bits per heavy atom. The predicted molar refractivity (Wildman–Crippen MR) is 125 cm³/mol. The lowest BCUT2D eigenvalue weighted by Gasteiger charge is -2.36. The molecule has 2 fully saturated rings. The summed E-state index contributed by atoms with van der Waals surface area (Å²) in [6, 6.07) is 14.4. The second-order valence-electron chi connectivity index (χ2n) is 8.43. The minimum Gasteiger partial charge on any atom is -0.461 e. The molecule has 0 atom stereocenters. The lowest BCUT2D eigenvalue weighted by atomic mass is 10.2. The second kappa shape index (κ2) is 8.84. The van der Waals surface area contributed by atoms with Crippen LogP contribution in [0.2, 0.25) is 0 Å². The van der Waals surface area contributed by atoms with E-state index in [1.54, 1.807) is 6.26 Å². The molecule has 4 aromatic rings. The summed E-state index contributed by atoms with van der Waals surface area (Å²) in [6.07, 6.45) is 3.61. The average molecular weight is 446 g/mol. The van der Waals surface area contributed by atoms with Crippen LogP contribution in [0.25, 0.3) is 17.2 Å². The monoisotopic (exact) mass is 445 g/mol. The van der Waals surface area contributed by atoms with Crippen molar-refractivity contribution >= 4 is 17.3 Å². The highest BCUT2D eigenvalue weighted by Gasteiger charge is 2.23. The second-order valence-corrected chi connectivity index (χ2v) is 8.43. The molecule has 1 aromatic carbocycles. The number of fused-ring (bicyclic) bond motifs is 1. The molecule has 9 heteroatoms. The molecule has 0 N–H and O–H groups in total. The number of ether oxygens (including phenoxy) is 1. The van der Waals surface area contributed by atoms with Crippen LogP contribution in [0.4, 0.5) is 11.6 Å². The van der Waals surface area contributed by atoms with Crippen molar-refractivity contribution in [2.24, 2.45) is 0 Å². The van der Waals surface area contributed by atoms with Gasteiger partial charge in [0.2, 0.25) is 11.8 Å². The van der Waals surface area contributed by atoms with Gasteiger partial charge in [-0.1, -0.05) is 18.2 Å². The van der Waals surface area contributed by atoms with E-state index < -0.39 is 0 Å². The molecule has 3 aromatic heterocycles. The van der Waals surface area contributed by atoms with Gasteiger partial charge < -0.3 is 19.0 Å². The fourth-order valence-corrected chi connectivity index (χ4v) is 4.55. The van der Waals surface area contributed by atoms with Crippen molar-refractivity contribution in [2.75, 3.05) is 62.3 Å². The summed E-state index contributed by atoms with van der Waals surface area (Å²) >= 11 is 0. The van der Waals surface area contributed by atoms with Crippen molar-refractivity contribution in [3.05, 3.63) is 60.5 Å². The van der Waals surface area contributed by atoms with Gasteiger partial charge in [0.1, 0.15) is 0 Å². The molecule has 0 radical (unpaired) electrons. The third-order valence-electron chi connectivity index (χ3n) is 6.34. The van der Waals surface area contributed by atoms with Crippen LogP contribution in [0, 0.1) is 0 Å². The van der Waals surface area contributed by atoms with Crippen molar-refractivity contribution in [3.63, 3.8) is 0 Å². The van der Waals surface area contributed by atoms with Crippen molar-refractivity contribution in [2.45, 2.75) is 6.54 Å². The molecule has 6 rings (SSSR count). The van der Waals surface area contributed by atoms with E-state index in [9.17, 15) is 0 Å². The zero-order valence-electron chi connectivity index (χ0n) is 18.5. The fraction of sp³-hybridized carbons (Fsp3) is 0.375. The number of para-hydroxylation sites is 1. The van der Waals surface area contributed by atoms with Gasteiger partial charge in [-0.2, -0.15) is 4.52 Å². The molecule has 0 spiro atoms. The first-order valence-corrected chi connectivity index (χ1v) is 11.5. The minimum atomic E-state index is 0.581. The predicted octanol–water partition coefficient (Wildman–Crippen LogP) is 2.54. The zero-order valence-corrected chi connectivity index (χ0v) is 18.5. The van der Waals surface area contributed by atoms with E-state index in [-0.39, 0.29) is 0 Å². The maximum Gasteiger partial charge on any atom is 0.228 e. The van der Waals surface area contributed by atoms with Gasteiger partial charge in [0.15, 0.2) is 11.4 Å². The number of hydrogen-bond donors (Lipinski definition) is 0. The van der Waals surface area contributed by atoms with Crippen LogP contribution in [0.3, 0.4) is 0 Å². The van der Waals surface area contributed by atoms with Gasteiger partial charge in [-0.3, -0.25) is 4.90 Å². The molecule has 2 aliphatic rings. The van der Waals surface area contributed by atoms with Crippen molar-refractivity contribution in [1.29, 1.82) is 0 Å². The number of aromatic nitrogens is 4. The van der Waals surface area contributed by atoms with Crippen LogP contribution in [-0.2, 0) is 11.3 Å². The lowest BCUT2D eigenvalue weighted by molar-refractivity contribution is 0.122. The first-order chi connectivity index (χ1) is 16.3. The van der Waals surface area contributed by atoms with Gasteiger partial charge in [0.05, 0.1) is 19.5 Å². The first kappa shape index (κ1) is 20.2. The number of piperazine rings is 1. The first-order valence-electron chi connectivity index (χ1n) is 11.5. The van der Waals surface area contributed by atoms with Gasteiger partial charge in [-0.05, 0) is 24.3 Å². The Labute approximate surface area is 192 Å². The summed E-state index contributed by atoms with van der Waals surface area (Å²) in [4.78, 5) is 16.8. The molecular formula is C24H27N7O2. The molecule has 0 amide bonds. The highest BCUT2D eigenvalue weighted by molar-refractivity contribution is 5.58. The van der Waals surface area contributed by atoms with Crippen LogP contribution in [0.1, 0.15) is 5.56 Å². The number of morpholine rings is 1. The van der Waals surface area contributed by atoms with Crippen molar-refractivity contribution < 1.29 is 9.15 Å². The maximum absolute atomic E-state index is 5.57. The Bertz CT molecular complexity index is 1190. The van der Waals surface area contributed by atoms with E-state index >= 15 is 0 Å². The largest absolute Gasteiger partial charge is 0.461 e. The lowest BCUT2D eigenvalue weighted by Crippen LogP contribution is -2.46. The number of furan rings is 1. The molecule has 170 valence electrons. The number of hydrogen-bond acceptors (Lipinski definition) is 8. The average Bonchev–Trinajstić information content (AvgIpc) is 3.57. The van der Waals surface area contributed by atoms with E-state index in [0.717, 1.165) is 63.0 Å². The van der Waals surface area contributed by atoms with Gasteiger partial charge >= 0.3 is 0 Å². The van der Waals surface area contributed by atoms with Crippen LogP contribution in [0.15, 0.2) is 59.3 Å². The summed E-state index contributed by atoms with van der Waals surface area (Å²) in [5.74, 6) is 2.04. The molecule has 0 unspecified atom stereocenters. The topological polar surface area (TPSA) is 75.2 Å². The number of rotatable bonds is 5. The van der Waals surface area contributed by atoms with E-state index in [2.05, 4.69) is 45.0 Å². The molecule has 5 heterocycles. The Morgan fingerprint density at radius 1 is 0.848 bits per heavy atom. The summed E-state index contributed by atoms with van der Waals surface area (Å²) in [6.45, 7) is 7.74. The van der Waals surface area contributed by atoms with E-state index in [1.165, 1.54) is 5.69 Å². The number of nitrogens with zero attached hydrogens (tertiary/aromatic N) is 7. The summed E-state index contributed by atoms with van der Waals surface area (Å²) < 4.78 is 13.0. The normalized spacial score (nSPS) is 17.7. The smallest absolute Gasteiger partial charge is 0.228 e.